The number of sulfonamides is 1. The van der Waals surface area contributed by atoms with Gasteiger partial charge in [-0.15, -0.1) is 0 Å². The smallest absolute Gasteiger partial charge is 0.232 e. The lowest BCUT2D eigenvalue weighted by Gasteiger charge is -2.10. The highest BCUT2D eigenvalue weighted by Gasteiger charge is 2.10. The molecule has 0 spiro atoms. The van der Waals surface area contributed by atoms with Gasteiger partial charge in [0.15, 0.2) is 0 Å². The molecule has 130 valence electrons. The molecule has 0 radical (unpaired) electrons. The molecule has 0 atom stereocenters. The summed E-state index contributed by atoms with van der Waals surface area (Å²) in [6.45, 7) is 0.307. The minimum Gasteiger partial charge on any atom is -0.290 e. The van der Waals surface area contributed by atoms with E-state index in [1.54, 1.807) is 0 Å². The Morgan fingerprint density at radius 2 is 1.56 bits per heavy atom. The van der Waals surface area contributed by atoms with Crippen LogP contribution in [0.5, 0.6) is 0 Å². The number of unbranched alkanes of at least 4 members (excludes halogenated alkanes) is 1. The molecule has 1 N–H and O–H groups in total. The molecule has 2 rings (SSSR count). The zero-order valence-corrected chi connectivity index (χ0v) is 14.6. The predicted octanol–water partition coefficient (Wildman–Crippen LogP) is 4.09. The fourth-order valence-corrected chi connectivity index (χ4v) is 3.30. The molecule has 0 saturated heterocycles. The summed E-state index contributed by atoms with van der Waals surface area (Å²) in [4.78, 5) is 2.65. The highest BCUT2D eigenvalue weighted by atomic mass is 32.2. The third-order valence-corrected chi connectivity index (χ3v) is 4.84. The topological polar surface area (TPSA) is 94.9 Å². The van der Waals surface area contributed by atoms with Crippen molar-refractivity contribution in [1.29, 1.82) is 0 Å². The van der Waals surface area contributed by atoms with Crippen LogP contribution in [-0.2, 0) is 10.0 Å². The van der Waals surface area contributed by atoms with E-state index in [1.165, 1.54) is 6.20 Å². The summed E-state index contributed by atoms with van der Waals surface area (Å²) in [5.41, 5.74) is 10.9. The second kappa shape index (κ2) is 9.52. The average Bonchev–Trinajstić information content (AvgIpc) is 2.63. The SMILES string of the molecule is [N-]=[N+]=NCCCCS(=O)(=O)NC=C(c1ccccc1)c1ccccc1. The van der Waals surface area contributed by atoms with Crippen LogP contribution in [0.4, 0.5) is 0 Å². The van der Waals surface area contributed by atoms with Gasteiger partial charge in [-0.25, -0.2) is 8.42 Å². The Kier molecular flexibility index (Phi) is 7.07. The van der Waals surface area contributed by atoms with Crippen LogP contribution in [0.1, 0.15) is 24.0 Å². The van der Waals surface area contributed by atoms with E-state index in [9.17, 15) is 8.42 Å². The van der Waals surface area contributed by atoms with E-state index in [2.05, 4.69) is 14.7 Å². The lowest BCUT2D eigenvalue weighted by molar-refractivity contribution is 0.586. The molecule has 0 aliphatic rings. The van der Waals surface area contributed by atoms with Crippen molar-refractivity contribution >= 4 is 15.6 Å². The van der Waals surface area contributed by atoms with E-state index in [4.69, 9.17) is 5.53 Å². The predicted molar refractivity (Wildman–Crippen MR) is 100 cm³/mol. The summed E-state index contributed by atoms with van der Waals surface area (Å²) in [6.07, 6.45) is 2.51. The average molecular weight is 356 g/mol. The number of rotatable bonds is 9. The molecule has 0 heterocycles. The van der Waals surface area contributed by atoms with Crippen molar-refractivity contribution in [2.24, 2.45) is 5.11 Å². The maximum absolute atomic E-state index is 12.2. The van der Waals surface area contributed by atoms with Crippen molar-refractivity contribution in [3.05, 3.63) is 88.4 Å². The molecule has 6 nitrogen and oxygen atoms in total. The summed E-state index contributed by atoms with van der Waals surface area (Å²) in [6, 6.07) is 19.2. The highest BCUT2D eigenvalue weighted by molar-refractivity contribution is 7.89. The number of benzene rings is 2. The number of nitrogens with zero attached hydrogens (tertiary/aromatic N) is 3. The van der Waals surface area contributed by atoms with Crippen molar-refractivity contribution in [3.63, 3.8) is 0 Å². The fraction of sp³-hybridized carbons (Fsp3) is 0.222. The van der Waals surface area contributed by atoms with Gasteiger partial charge < -0.3 is 0 Å². The molecule has 25 heavy (non-hydrogen) atoms. The van der Waals surface area contributed by atoms with Crippen molar-refractivity contribution in [2.75, 3.05) is 12.3 Å². The van der Waals surface area contributed by atoms with E-state index in [0.29, 0.717) is 19.4 Å². The van der Waals surface area contributed by atoms with Crippen LogP contribution in [0.25, 0.3) is 16.0 Å². The van der Waals surface area contributed by atoms with Crippen LogP contribution in [-0.4, -0.2) is 20.7 Å². The molecule has 0 unspecified atom stereocenters. The zero-order valence-electron chi connectivity index (χ0n) is 13.7. The van der Waals surface area contributed by atoms with Crippen LogP contribution in [0, 0.1) is 0 Å². The first kappa shape index (κ1) is 18.6. The van der Waals surface area contributed by atoms with E-state index < -0.39 is 10.0 Å². The Hall–Kier alpha value is -2.76. The summed E-state index contributed by atoms with van der Waals surface area (Å²) in [5.74, 6) is -0.0126. The molecule has 0 amide bonds. The van der Waals surface area contributed by atoms with E-state index in [0.717, 1.165) is 16.7 Å². The van der Waals surface area contributed by atoms with Crippen molar-refractivity contribution in [1.82, 2.24) is 4.72 Å². The molecule has 0 bridgehead atoms. The van der Waals surface area contributed by atoms with E-state index in [-0.39, 0.29) is 5.75 Å². The Labute approximate surface area is 147 Å². The van der Waals surface area contributed by atoms with Gasteiger partial charge in [-0.05, 0) is 29.5 Å². The van der Waals surface area contributed by atoms with Gasteiger partial charge in [-0.1, -0.05) is 65.8 Å². The van der Waals surface area contributed by atoms with Crippen LogP contribution in [0.15, 0.2) is 72.0 Å². The standard InChI is InChI=1S/C18H20N4O2S/c19-22-20-13-7-8-14-25(23,24)21-15-18(16-9-3-1-4-10-16)17-11-5-2-6-12-17/h1-6,9-12,15,21H,7-8,13-14H2. The number of hydrogen-bond donors (Lipinski definition) is 1. The van der Waals surface area contributed by atoms with Gasteiger partial charge in [0.1, 0.15) is 0 Å². The number of azide groups is 1. The maximum atomic E-state index is 12.2. The van der Waals surface area contributed by atoms with Gasteiger partial charge in [0.2, 0.25) is 10.0 Å². The monoisotopic (exact) mass is 356 g/mol. The molecular formula is C18H20N4O2S. The Morgan fingerprint density at radius 1 is 1.00 bits per heavy atom. The van der Waals surface area contributed by atoms with Crippen LogP contribution < -0.4 is 4.72 Å². The Balaban J connectivity index is 2.14. The Bertz CT molecular complexity index is 802. The fourth-order valence-electron chi connectivity index (χ4n) is 2.30. The van der Waals surface area contributed by atoms with E-state index in [1.807, 2.05) is 60.7 Å². The minimum atomic E-state index is -3.44. The van der Waals surface area contributed by atoms with Crippen molar-refractivity contribution in [2.45, 2.75) is 12.8 Å². The molecular weight excluding hydrogens is 336 g/mol. The molecule has 2 aromatic rings. The van der Waals surface area contributed by atoms with Crippen LogP contribution in [0.3, 0.4) is 0 Å². The molecule has 0 aliphatic heterocycles. The second-order valence-corrected chi connectivity index (χ2v) is 7.26. The summed E-state index contributed by atoms with van der Waals surface area (Å²) >= 11 is 0. The molecule has 2 aromatic carbocycles. The van der Waals surface area contributed by atoms with Gasteiger partial charge in [0.05, 0.1) is 5.75 Å². The second-order valence-electron chi connectivity index (χ2n) is 5.39. The van der Waals surface area contributed by atoms with E-state index >= 15 is 0 Å². The highest BCUT2D eigenvalue weighted by Crippen LogP contribution is 2.22. The minimum absolute atomic E-state index is 0.0126. The van der Waals surface area contributed by atoms with Crippen LogP contribution >= 0.6 is 0 Å². The normalized spacial score (nSPS) is 10.6. The molecule has 0 aromatic heterocycles. The maximum Gasteiger partial charge on any atom is 0.232 e. The number of nitrogens with one attached hydrogen (secondary N) is 1. The summed E-state index contributed by atoms with van der Waals surface area (Å²) < 4.78 is 26.9. The first-order chi connectivity index (χ1) is 12.1. The third-order valence-electron chi connectivity index (χ3n) is 3.54. The Morgan fingerprint density at radius 3 is 2.08 bits per heavy atom. The van der Waals surface area contributed by atoms with Crippen molar-refractivity contribution in [3.8, 4) is 0 Å². The number of hydrogen-bond acceptors (Lipinski definition) is 3. The summed E-state index contributed by atoms with van der Waals surface area (Å²) in [5, 5.41) is 3.40. The molecule has 0 aliphatic carbocycles. The quantitative estimate of drug-likeness (QED) is 0.317. The van der Waals surface area contributed by atoms with Crippen molar-refractivity contribution < 1.29 is 8.42 Å². The van der Waals surface area contributed by atoms with Crippen LogP contribution in [0.2, 0.25) is 0 Å². The first-order valence-electron chi connectivity index (χ1n) is 7.94. The molecule has 0 saturated carbocycles. The third kappa shape index (κ3) is 6.33. The van der Waals surface area contributed by atoms with Gasteiger partial charge in [-0.3, -0.25) is 4.72 Å². The first-order valence-corrected chi connectivity index (χ1v) is 9.59. The molecule has 7 heteroatoms. The largest absolute Gasteiger partial charge is 0.290 e. The summed E-state index contributed by atoms with van der Waals surface area (Å²) in [7, 11) is -3.44. The van der Waals surface area contributed by atoms with Gasteiger partial charge in [0.25, 0.3) is 0 Å². The zero-order chi connectivity index (χ0) is 18.0. The molecule has 0 fully saturated rings. The lowest BCUT2D eigenvalue weighted by Crippen LogP contribution is -2.22. The lowest BCUT2D eigenvalue weighted by atomic mass is 9.99. The van der Waals surface area contributed by atoms with Gasteiger partial charge in [0, 0.05) is 23.2 Å². The van der Waals surface area contributed by atoms with Gasteiger partial charge in [-0.2, -0.15) is 0 Å². The van der Waals surface area contributed by atoms with Gasteiger partial charge >= 0.3 is 0 Å².